The van der Waals surface area contributed by atoms with E-state index in [1.54, 1.807) is 0 Å². The van der Waals surface area contributed by atoms with Crippen LogP contribution in [0.5, 0.6) is 0 Å². The highest BCUT2D eigenvalue weighted by Gasteiger charge is 2.43. The van der Waals surface area contributed by atoms with Crippen molar-refractivity contribution in [2.45, 2.75) is 31.1 Å². The third-order valence-corrected chi connectivity index (χ3v) is 6.29. The number of hydrogen-bond acceptors (Lipinski definition) is 4. The molecule has 3 rings (SSSR count). The van der Waals surface area contributed by atoms with Gasteiger partial charge in [0.2, 0.25) is 5.91 Å². The third-order valence-electron chi connectivity index (χ3n) is 6.29. The van der Waals surface area contributed by atoms with Gasteiger partial charge < -0.3 is 21.7 Å². The molecule has 0 aliphatic heterocycles. The molecule has 0 radical (unpaired) electrons. The van der Waals surface area contributed by atoms with E-state index in [0.717, 1.165) is 75.1 Å². The van der Waals surface area contributed by atoms with E-state index in [0.29, 0.717) is 6.54 Å². The second kappa shape index (κ2) is 15.1. The molecular weight excluding hydrogens is 432 g/mol. The van der Waals surface area contributed by atoms with Crippen molar-refractivity contribution in [2.75, 3.05) is 39.3 Å². The SMILES string of the molecule is NCCCNCCCCNCCCNC(=O)C(c1ccccc1)(c1ccccc1)c1ccccc1. The highest BCUT2D eigenvalue weighted by molar-refractivity contribution is 5.96. The van der Waals surface area contributed by atoms with E-state index in [1.165, 1.54) is 0 Å². The van der Waals surface area contributed by atoms with Crippen LogP contribution in [-0.4, -0.2) is 45.2 Å². The summed E-state index contributed by atoms with van der Waals surface area (Å²) in [5, 5.41) is 10.2. The lowest BCUT2D eigenvalue weighted by Gasteiger charge is -2.34. The van der Waals surface area contributed by atoms with Gasteiger partial charge in [-0.1, -0.05) is 91.0 Å². The van der Waals surface area contributed by atoms with Crippen molar-refractivity contribution in [1.82, 2.24) is 16.0 Å². The normalized spacial score (nSPS) is 11.3. The Morgan fingerprint density at radius 2 is 0.971 bits per heavy atom. The highest BCUT2D eigenvalue weighted by Crippen LogP contribution is 2.39. The van der Waals surface area contributed by atoms with Crippen LogP contribution in [0.25, 0.3) is 0 Å². The maximum absolute atomic E-state index is 14.0. The maximum atomic E-state index is 14.0. The van der Waals surface area contributed by atoms with Gasteiger partial charge in [-0.05, 0) is 75.1 Å². The molecule has 5 nitrogen and oxygen atoms in total. The van der Waals surface area contributed by atoms with Crippen molar-refractivity contribution in [3.8, 4) is 0 Å². The van der Waals surface area contributed by atoms with E-state index in [4.69, 9.17) is 5.73 Å². The van der Waals surface area contributed by atoms with Gasteiger partial charge >= 0.3 is 0 Å². The van der Waals surface area contributed by atoms with E-state index < -0.39 is 5.41 Å². The van der Waals surface area contributed by atoms with Crippen molar-refractivity contribution >= 4 is 5.91 Å². The minimum Gasteiger partial charge on any atom is -0.355 e. The van der Waals surface area contributed by atoms with Crippen LogP contribution in [0.4, 0.5) is 0 Å². The quantitative estimate of drug-likeness (QED) is 0.189. The van der Waals surface area contributed by atoms with Gasteiger partial charge in [0.05, 0.1) is 0 Å². The molecule has 0 bridgehead atoms. The number of carbonyl (C=O) groups is 1. The van der Waals surface area contributed by atoms with Crippen molar-refractivity contribution in [2.24, 2.45) is 5.73 Å². The molecule has 0 saturated heterocycles. The topological polar surface area (TPSA) is 79.2 Å². The van der Waals surface area contributed by atoms with E-state index >= 15 is 0 Å². The largest absolute Gasteiger partial charge is 0.355 e. The number of carbonyl (C=O) groups excluding carboxylic acids is 1. The van der Waals surface area contributed by atoms with Crippen LogP contribution in [0.2, 0.25) is 0 Å². The first-order valence-electron chi connectivity index (χ1n) is 12.9. The number of rotatable bonds is 16. The fraction of sp³-hybridized carbons (Fsp3) is 0.367. The number of hydrogen-bond donors (Lipinski definition) is 4. The van der Waals surface area contributed by atoms with Crippen LogP contribution in [0.1, 0.15) is 42.4 Å². The number of nitrogens with one attached hydrogen (secondary N) is 3. The van der Waals surface area contributed by atoms with Crippen molar-refractivity contribution in [3.63, 3.8) is 0 Å². The van der Waals surface area contributed by atoms with Crippen molar-refractivity contribution < 1.29 is 4.79 Å². The van der Waals surface area contributed by atoms with Crippen LogP contribution >= 0.6 is 0 Å². The summed E-state index contributed by atoms with van der Waals surface area (Å²) in [7, 11) is 0. The van der Waals surface area contributed by atoms with Crippen LogP contribution < -0.4 is 21.7 Å². The summed E-state index contributed by atoms with van der Waals surface area (Å²) >= 11 is 0. The predicted octanol–water partition coefficient (Wildman–Crippen LogP) is 3.84. The maximum Gasteiger partial charge on any atom is 0.239 e. The van der Waals surface area contributed by atoms with Crippen LogP contribution in [0, 0.1) is 0 Å². The summed E-state index contributed by atoms with van der Waals surface area (Å²) in [5.74, 6) is 0.00431. The van der Waals surface area contributed by atoms with E-state index in [9.17, 15) is 4.79 Å². The van der Waals surface area contributed by atoms with E-state index in [-0.39, 0.29) is 5.91 Å². The van der Waals surface area contributed by atoms with E-state index in [2.05, 4.69) is 16.0 Å². The van der Waals surface area contributed by atoms with Crippen molar-refractivity contribution in [1.29, 1.82) is 0 Å². The number of nitrogens with two attached hydrogens (primary N) is 1. The average molecular weight is 473 g/mol. The zero-order valence-electron chi connectivity index (χ0n) is 20.7. The van der Waals surface area contributed by atoms with Gasteiger partial charge in [-0.3, -0.25) is 4.79 Å². The highest BCUT2D eigenvalue weighted by atomic mass is 16.2. The Hall–Kier alpha value is -2.99. The number of benzene rings is 3. The van der Waals surface area contributed by atoms with Gasteiger partial charge in [-0.15, -0.1) is 0 Å². The molecule has 3 aromatic rings. The molecule has 0 aliphatic rings. The molecule has 0 aliphatic carbocycles. The molecule has 5 N–H and O–H groups in total. The van der Waals surface area contributed by atoms with Gasteiger partial charge in [0.15, 0.2) is 0 Å². The molecule has 0 heterocycles. The number of amides is 1. The molecule has 1 amide bonds. The molecule has 35 heavy (non-hydrogen) atoms. The second-order valence-corrected chi connectivity index (χ2v) is 8.81. The van der Waals surface area contributed by atoms with Gasteiger partial charge in [-0.2, -0.15) is 0 Å². The standard InChI is InChI=1S/C30H40N4O/c31-20-12-23-32-21-10-11-22-33-24-13-25-34-29(35)30(26-14-4-1-5-15-26,27-16-6-2-7-17-27)28-18-8-3-9-19-28/h1-9,14-19,32-33H,10-13,20-25,31H2,(H,34,35). The van der Waals surface area contributed by atoms with Crippen LogP contribution in [0.3, 0.4) is 0 Å². The monoisotopic (exact) mass is 472 g/mol. The summed E-state index contributed by atoms with van der Waals surface area (Å²) in [5.41, 5.74) is 7.49. The van der Waals surface area contributed by atoms with Crippen LogP contribution in [0.15, 0.2) is 91.0 Å². The first-order chi connectivity index (χ1) is 17.3. The molecule has 0 spiro atoms. The molecule has 0 unspecified atom stereocenters. The lowest BCUT2D eigenvalue weighted by atomic mass is 9.68. The third kappa shape index (κ3) is 7.49. The van der Waals surface area contributed by atoms with Gasteiger partial charge in [0.25, 0.3) is 0 Å². The summed E-state index contributed by atoms with van der Waals surface area (Å²) in [6.45, 7) is 5.29. The summed E-state index contributed by atoms with van der Waals surface area (Å²) in [4.78, 5) is 14.0. The summed E-state index contributed by atoms with van der Waals surface area (Å²) in [6, 6.07) is 30.3. The molecule has 186 valence electrons. The Balaban J connectivity index is 1.61. The molecule has 0 atom stereocenters. The molecule has 3 aromatic carbocycles. The van der Waals surface area contributed by atoms with Gasteiger partial charge in [-0.25, -0.2) is 0 Å². The fourth-order valence-corrected chi connectivity index (χ4v) is 4.48. The molecule has 0 aromatic heterocycles. The molecular formula is C30H40N4O. The summed E-state index contributed by atoms with van der Waals surface area (Å²) in [6.07, 6.45) is 4.21. The average Bonchev–Trinajstić information content (AvgIpc) is 2.92. The lowest BCUT2D eigenvalue weighted by molar-refractivity contribution is -0.124. The van der Waals surface area contributed by atoms with E-state index in [1.807, 2.05) is 91.0 Å². The fourth-order valence-electron chi connectivity index (χ4n) is 4.48. The van der Waals surface area contributed by atoms with Gasteiger partial charge in [0, 0.05) is 6.54 Å². The predicted molar refractivity (Wildman–Crippen MR) is 145 cm³/mol. The molecule has 0 saturated carbocycles. The smallest absolute Gasteiger partial charge is 0.239 e. The summed E-state index contributed by atoms with van der Waals surface area (Å²) < 4.78 is 0. The molecule has 0 fully saturated rings. The minimum absolute atomic E-state index is 0.00431. The Morgan fingerprint density at radius 1 is 0.571 bits per heavy atom. The Morgan fingerprint density at radius 3 is 1.40 bits per heavy atom. The second-order valence-electron chi connectivity index (χ2n) is 8.81. The minimum atomic E-state index is -0.909. The molecule has 5 heteroatoms. The first-order valence-corrected chi connectivity index (χ1v) is 12.9. The Kier molecular flexibility index (Phi) is 11.5. The lowest BCUT2D eigenvalue weighted by Crippen LogP contribution is -2.46. The van der Waals surface area contributed by atoms with Crippen molar-refractivity contribution in [3.05, 3.63) is 108 Å². The van der Waals surface area contributed by atoms with Gasteiger partial charge in [0.1, 0.15) is 5.41 Å². The van der Waals surface area contributed by atoms with Crippen LogP contribution in [-0.2, 0) is 10.2 Å². The Bertz CT molecular complexity index is 867. The Labute approximate surface area is 210 Å². The first kappa shape index (κ1) is 26.6. The zero-order chi connectivity index (χ0) is 24.6. The zero-order valence-corrected chi connectivity index (χ0v) is 20.7. The number of unbranched alkanes of at least 4 members (excludes halogenated alkanes) is 1.